The standard InChI is InChI=1S/C7H9F7O/c1-2-15-6(12)7(13,14)4(9)3(8)5(10)11/h3-6H,2H2,1H3. The Morgan fingerprint density at radius 3 is 1.87 bits per heavy atom. The highest BCUT2D eigenvalue weighted by Gasteiger charge is 2.55. The van der Waals surface area contributed by atoms with Crippen molar-refractivity contribution in [2.75, 3.05) is 6.61 Å². The lowest BCUT2D eigenvalue weighted by molar-refractivity contribution is -0.238. The Bertz CT molecular complexity index is 186. The van der Waals surface area contributed by atoms with Gasteiger partial charge in [-0.05, 0) is 6.92 Å². The average molecular weight is 242 g/mol. The monoisotopic (exact) mass is 242 g/mol. The zero-order valence-corrected chi connectivity index (χ0v) is 7.57. The van der Waals surface area contributed by atoms with E-state index in [1.54, 1.807) is 0 Å². The van der Waals surface area contributed by atoms with E-state index in [9.17, 15) is 30.7 Å². The lowest BCUT2D eigenvalue weighted by Gasteiger charge is -2.25. The molecule has 0 heterocycles. The highest BCUT2D eigenvalue weighted by molar-refractivity contribution is 4.87. The van der Waals surface area contributed by atoms with Crippen LogP contribution in [0.3, 0.4) is 0 Å². The van der Waals surface area contributed by atoms with Crippen molar-refractivity contribution in [2.24, 2.45) is 0 Å². The molecule has 0 aliphatic carbocycles. The van der Waals surface area contributed by atoms with Crippen LogP contribution in [0.25, 0.3) is 0 Å². The second-order valence-corrected chi connectivity index (χ2v) is 2.63. The van der Waals surface area contributed by atoms with Crippen LogP contribution in [0.5, 0.6) is 0 Å². The van der Waals surface area contributed by atoms with Crippen molar-refractivity contribution < 1.29 is 35.5 Å². The summed E-state index contributed by atoms with van der Waals surface area (Å²) in [6, 6.07) is 0. The Hall–Kier alpha value is -0.530. The summed E-state index contributed by atoms with van der Waals surface area (Å²) in [7, 11) is 0. The first-order valence-electron chi connectivity index (χ1n) is 3.94. The topological polar surface area (TPSA) is 9.23 Å². The van der Waals surface area contributed by atoms with Gasteiger partial charge < -0.3 is 4.74 Å². The SMILES string of the molecule is CCOC(F)C(F)(F)C(F)C(F)C(F)F. The third-order valence-corrected chi connectivity index (χ3v) is 1.50. The average Bonchev–Trinajstić information content (AvgIpc) is 2.15. The predicted octanol–water partition coefficient (Wildman–Crippen LogP) is 2.90. The van der Waals surface area contributed by atoms with Gasteiger partial charge in [0.05, 0.1) is 0 Å². The summed E-state index contributed by atoms with van der Waals surface area (Å²) in [5.74, 6) is -4.94. The van der Waals surface area contributed by atoms with E-state index in [-0.39, 0.29) is 0 Å². The number of ether oxygens (including phenoxy) is 1. The first-order valence-corrected chi connectivity index (χ1v) is 3.94. The second kappa shape index (κ2) is 5.53. The van der Waals surface area contributed by atoms with E-state index in [0.717, 1.165) is 6.92 Å². The molecule has 0 spiro atoms. The van der Waals surface area contributed by atoms with E-state index in [0.29, 0.717) is 0 Å². The fourth-order valence-corrected chi connectivity index (χ4v) is 0.723. The first kappa shape index (κ1) is 14.5. The highest BCUT2D eigenvalue weighted by atomic mass is 19.3. The summed E-state index contributed by atoms with van der Waals surface area (Å²) in [5.41, 5.74) is 0. The van der Waals surface area contributed by atoms with Crippen LogP contribution in [0, 0.1) is 0 Å². The number of rotatable bonds is 6. The van der Waals surface area contributed by atoms with Gasteiger partial charge in [-0.2, -0.15) is 8.78 Å². The number of hydrogen-bond donors (Lipinski definition) is 0. The van der Waals surface area contributed by atoms with E-state index in [1.165, 1.54) is 0 Å². The fourth-order valence-electron chi connectivity index (χ4n) is 0.723. The molecular formula is C7H9F7O. The number of hydrogen-bond acceptors (Lipinski definition) is 1. The minimum absolute atomic E-state index is 0.519. The molecule has 0 fully saturated rings. The molecule has 92 valence electrons. The zero-order valence-electron chi connectivity index (χ0n) is 7.57. The Labute approximate surface area is 81.2 Å². The van der Waals surface area contributed by atoms with Gasteiger partial charge in [0.1, 0.15) is 0 Å². The Kier molecular flexibility index (Phi) is 5.33. The van der Waals surface area contributed by atoms with Crippen LogP contribution in [-0.4, -0.2) is 37.7 Å². The molecule has 0 radical (unpaired) electrons. The van der Waals surface area contributed by atoms with Crippen molar-refractivity contribution in [3.05, 3.63) is 0 Å². The van der Waals surface area contributed by atoms with E-state index in [2.05, 4.69) is 4.74 Å². The molecule has 3 unspecified atom stereocenters. The minimum Gasteiger partial charge on any atom is -0.344 e. The quantitative estimate of drug-likeness (QED) is 0.651. The maximum Gasteiger partial charge on any atom is 0.336 e. The summed E-state index contributed by atoms with van der Waals surface area (Å²) in [6.07, 6.45) is -15.1. The predicted molar refractivity (Wildman–Crippen MR) is 37.3 cm³/mol. The summed E-state index contributed by atoms with van der Waals surface area (Å²) < 4.78 is 89.0. The Balaban J connectivity index is 4.55. The van der Waals surface area contributed by atoms with Crippen molar-refractivity contribution >= 4 is 0 Å². The molecule has 0 aromatic heterocycles. The molecule has 8 heteroatoms. The molecule has 0 aromatic rings. The highest BCUT2D eigenvalue weighted by Crippen LogP contribution is 2.33. The summed E-state index contributed by atoms with van der Waals surface area (Å²) >= 11 is 0. The minimum atomic E-state index is -4.94. The molecule has 0 saturated carbocycles. The van der Waals surface area contributed by atoms with Crippen molar-refractivity contribution in [1.29, 1.82) is 0 Å². The molecule has 0 aliphatic rings. The molecule has 1 nitrogen and oxygen atoms in total. The molecule has 15 heavy (non-hydrogen) atoms. The van der Waals surface area contributed by atoms with Gasteiger partial charge in [0.25, 0.3) is 12.8 Å². The van der Waals surface area contributed by atoms with Crippen LogP contribution in [0.1, 0.15) is 6.92 Å². The van der Waals surface area contributed by atoms with E-state index in [1.807, 2.05) is 0 Å². The molecule has 0 bridgehead atoms. The zero-order chi connectivity index (χ0) is 12.2. The van der Waals surface area contributed by atoms with Gasteiger partial charge in [-0.15, -0.1) is 0 Å². The Morgan fingerprint density at radius 1 is 1.07 bits per heavy atom. The molecule has 0 rings (SSSR count). The van der Waals surface area contributed by atoms with Gasteiger partial charge in [0, 0.05) is 6.61 Å². The van der Waals surface area contributed by atoms with Gasteiger partial charge >= 0.3 is 5.92 Å². The van der Waals surface area contributed by atoms with E-state index >= 15 is 0 Å². The molecule has 0 amide bonds. The summed E-state index contributed by atoms with van der Waals surface area (Å²) in [4.78, 5) is 0. The third-order valence-electron chi connectivity index (χ3n) is 1.50. The maximum absolute atomic E-state index is 12.6. The summed E-state index contributed by atoms with van der Waals surface area (Å²) in [5, 5.41) is 0. The van der Waals surface area contributed by atoms with Crippen LogP contribution in [0.2, 0.25) is 0 Å². The fraction of sp³-hybridized carbons (Fsp3) is 1.00. The summed E-state index contributed by atoms with van der Waals surface area (Å²) in [6.45, 7) is 0.616. The van der Waals surface area contributed by atoms with Crippen molar-refractivity contribution in [3.8, 4) is 0 Å². The molecule has 0 aromatic carbocycles. The van der Waals surface area contributed by atoms with Crippen molar-refractivity contribution in [3.63, 3.8) is 0 Å². The van der Waals surface area contributed by atoms with E-state index in [4.69, 9.17) is 0 Å². The molecule has 3 atom stereocenters. The largest absolute Gasteiger partial charge is 0.344 e. The lowest BCUT2D eigenvalue weighted by atomic mass is 10.1. The van der Waals surface area contributed by atoms with Crippen LogP contribution < -0.4 is 0 Å². The Morgan fingerprint density at radius 2 is 1.53 bits per heavy atom. The van der Waals surface area contributed by atoms with Crippen LogP contribution in [-0.2, 0) is 4.74 Å². The van der Waals surface area contributed by atoms with Crippen molar-refractivity contribution in [2.45, 2.75) is 38.0 Å². The van der Waals surface area contributed by atoms with E-state index < -0.39 is 37.7 Å². The molecule has 0 N–H and O–H groups in total. The smallest absolute Gasteiger partial charge is 0.336 e. The number of halogens is 7. The number of alkyl halides is 7. The van der Waals surface area contributed by atoms with Gasteiger partial charge in [-0.3, -0.25) is 0 Å². The van der Waals surface area contributed by atoms with Crippen LogP contribution in [0.15, 0.2) is 0 Å². The second-order valence-electron chi connectivity index (χ2n) is 2.63. The molecular weight excluding hydrogens is 233 g/mol. The maximum atomic E-state index is 12.6. The van der Waals surface area contributed by atoms with Crippen molar-refractivity contribution in [1.82, 2.24) is 0 Å². The van der Waals surface area contributed by atoms with Gasteiger partial charge in [-0.1, -0.05) is 0 Å². The molecule has 0 aliphatic heterocycles. The van der Waals surface area contributed by atoms with Gasteiger partial charge in [-0.25, -0.2) is 22.0 Å². The first-order chi connectivity index (χ1) is 6.75. The third kappa shape index (κ3) is 3.51. The molecule has 0 saturated heterocycles. The van der Waals surface area contributed by atoms with Crippen LogP contribution >= 0.6 is 0 Å². The van der Waals surface area contributed by atoms with Gasteiger partial charge in [0.2, 0.25) is 6.17 Å². The normalized spacial score (nSPS) is 19.0. The lowest BCUT2D eigenvalue weighted by Crippen LogP contribution is -2.48. The van der Waals surface area contributed by atoms with Gasteiger partial charge in [0.15, 0.2) is 6.17 Å². The van der Waals surface area contributed by atoms with Crippen LogP contribution in [0.4, 0.5) is 30.7 Å².